The quantitative estimate of drug-likeness (QED) is 0.470. The lowest BCUT2D eigenvalue weighted by atomic mass is 9.99. The number of ether oxygens (including phenoxy) is 1. The SMILES string of the molecule is COC(=O)C1CCN(S)CC1. The van der Waals surface area contributed by atoms with Crippen molar-refractivity contribution in [3.63, 3.8) is 0 Å². The highest BCUT2D eigenvalue weighted by Crippen LogP contribution is 2.18. The van der Waals surface area contributed by atoms with Gasteiger partial charge >= 0.3 is 5.97 Å². The maximum atomic E-state index is 11.0. The van der Waals surface area contributed by atoms with Gasteiger partial charge in [-0.2, -0.15) is 0 Å². The average molecular weight is 175 g/mol. The number of thiol groups is 1. The van der Waals surface area contributed by atoms with E-state index in [0.717, 1.165) is 25.9 Å². The van der Waals surface area contributed by atoms with Crippen molar-refractivity contribution in [2.24, 2.45) is 5.92 Å². The molecular weight excluding hydrogens is 162 g/mol. The normalized spacial score (nSPS) is 21.6. The molecule has 1 rings (SSSR count). The summed E-state index contributed by atoms with van der Waals surface area (Å²) in [6.45, 7) is 1.76. The molecular formula is C7H13NO2S. The molecule has 0 unspecified atom stereocenters. The predicted octanol–water partition coefficient (Wildman–Crippen LogP) is 0.716. The van der Waals surface area contributed by atoms with Crippen molar-refractivity contribution < 1.29 is 9.53 Å². The van der Waals surface area contributed by atoms with E-state index in [1.165, 1.54) is 7.11 Å². The smallest absolute Gasteiger partial charge is 0.308 e. The van der Waals surface area contributed by atoms with Crippen molar-refractivity contribution in [1.82, 2.24) is 4.31 Å². The Labute approximate surface area is 72.2 Å². The van der Waals surface area contributed by atoms with E-state index in [1.54, 1.807) is 0 Å². The monoisotopic (exact) mass is 175 g/mol. The summed E-state index contributed by atoms with van der Waals surface area (Å²) < 4.78 is 6.57. The van der Waals surface area contributed by atoms with Gasteiger partial charge in [-0.3, -0.25) is 9.10 Å². The van der Waals surface area contributed by atoms with Crippen LogP contribution in [0.4, 0.5) is 0 Å². The lowest BCUT2D eigenvalue weighted by Crippen LogP contribution is -2.31. The number of piperidine rings is 1. The summed E-state index contributed by atoms with van der Waals surface area (Å²) in [5.74, 6) is 0.0230. The highest BCUT2D eigenvalue weighted by atomic mass is 32.1. The molecule has 1 heterocycles. The summed E-state index contributed by atoms with van der Waals surface area (Å²) in [6.07, 6.45) is 1.74. The molecule has 4 heteroatoms. The van der Waals surface area contributed by atoms with Crippen molar-refractivity contribution in [2.45, 2.75) is 12.8 Å². The number of carbonyl (C=O) groups excluding carboxylic acids is 1. The van der Waals surface area contributed by atoms with Crippen LogP contribution in [0, 0.1) is 5.92 Å². The fourth-order valence-corrected chi connectivity index (χ4v) is 1.50. The fraction of sp³-hybridized carbons (Fsp3) is 0.857. The summed E-state index contributed by atoms with van der Waals surface area (Å²) in [4.78, 5) is 11.0. The summed E-state index contributed by atoms with van der Waals surface area (Å²) >= 11 is 4.18. The topological polar surface area (TPSA) is 29.5 Å². The number of esters is 1. The Morgan fingerprint density at radius 1 is 1.55 bits per heavy atom. The second-order valence-corrected chi connectivity index (χ2v) is 3.32. The van der Waals surface area contributed by atoms with E-state index < -0.39 is 0 Å². The van der Waals surface area contributed by atoms with Crippen molar-refractivity contribution in [1.29, 1.82) is 0 Å². The molecule has 1 fully saturated rings. The lowest BCUT2D eigenvalue weighted by molar-refractivity contribution is -0.146. The second kappa shape index (κ2) is 3.97. The van der Waals surface area contributed by atoms with Crippen molar-refractivity contribution in [3.05, 3.63) is 0 Å². The van der Waals surface area contributed by atoms with E-state index in [4.69, 9.17) is 0 Å². The number of nitrogens with zero attached hydrogens (tertiary/aromatic N) is 1. The van der Waals surface area contributed by atoms with Crippen LogP contribution in [0.5, 0.6) is 0 Å². The van der Waals surface area contributed by atoms with E-state index in [-0.39, 0.29) is 11.9 Å². The molecule has 0 radical (unpaired) electrons. The zero-order valence-electron chi connectivity index (χ0n) is 6.62. The van der Waals surface area contributed by atoms with E-state index in [0.29, 0.717) is 0 Å². The lowest BCUT2D eigenvalue weighted by Gasteiger charge is -2.25. The number of rotatable bonds is 1. The van der Waals surface area contributed by atoms with Gasteiger partial charge in [-0.05, 0) is 12.8 Å². The zero-order valence-corrected chi connectivity index (χ0v) is 7.51. The third-order valence-electron chi connectivity index (χ3n) is 2.01. The number of hydrogen-bond acceptors (Lipinski definition) is 4. The maximum Gasteiger partial charge on any atom is 0.308 e. The maximum absolute atomic E-state index is 11.0. The number of hydrogen-bond donors (Lipinski definition) is 1. The standard InChI is InChI=1S/C7H13NO2S/c1-10-7(9)6-2-4-8(11)5-3-6/h6,11H,2-5H2,1H3. The average Bonchev–Trinajstić information content (AvgIpc) is 2.05. The highest BCUT2D eigenvalue weighted by Gasteiger charge is 2.23. The molecule has 1 saturated heterocycles. The fourth-order valence-electron chi connectivity index (χ4n) is 1.27. The highest BCUT2D eigenvalue weighted by molar-refractivity contribution is 7.77. The van der Waals surface area contributed by atoms with Gasteiger partial charge in [0, 0.05) is 13.1 Å². The zero-order chi connectivity index (χ0) is 8.27. The van der Waals surface area contributed by atoms with Gasteiger partial charge in [0.05, 0.1) is 13.0 Å². The van der Waals surface area contributed by atoms with Gasteiger partial charge in [0.2, 0.25) is 0 Å². The molecule has 0 aromatic carbocycles. The third kappa shape index (κ3) is 2.38. The molecule has 11 heavy (non-hydrogen) atoms. The first-order chi connectivity index (χ1) is 5.24. The van der Waals surface area contributed by atoms with Gasteiger partial charge in [-0.1, -0.05) is 12.8 Å². The van der Waals surface area contributed by atoms with Gasteiger partial charge in [0.25, 0.3) is 0 Å². The van der Waals surface area contributed by atoms with Crippen LogP contribution < -0.4 is 0 Å². The molecule has 0 N–H and O–H groups in total. The molecule has 1 aliphatic rings. The molecule has 1 aliphatic heterocycles. The molecule has 0 aliphatic carbocycles. The Balaban J connectivity index is 2.33. The molecule has 0 spiro atoms. The van der Waals surface area contributed by atoms with Gasteiger partial charge in [0.1, 0.15) is 0 Å². The van der Waals surface area contributed by atoms with E-state index >= 15 is 0 Å². The first-order valence-corrected chi connectivity index (χ1v) is 4.15. The number of methoxy groups -OCH3 is 1. The number of carbonyl (C=O) groups is 1. The second-order valence-electron chi connectivity index (χ2n) is 2.75. The summed E-state index contributed by atoms with van der Waals surface area (Å²) in [5.41, 5.74) is 0. The summed E-state index contributed by atoms with van der Waals surface area (Å²) in [6, 6.07) is 0. The minimum absolute atomic E-state index is 0.0774. The molecule has 0 aromatic heterocycles. The predicted molar refractivity (Wildman–Crippen MR) is 45.3 cm³/mol. The Kier molecular flexibility index (Phi) is 3.20. The summed E-state index contributed by atoms with van der Waals surface area (Å²) in [7, 11) is 1.44. The molecule has 0 saturated carbocycles. The van der Waals surface area contributed by atoms with Crippen LogP contribution in [0.15, 0.2) is 0 Å². The van der Waals surface area contributed by atoms with Gasteiger partial charge in [-0.15, -0.1) is 0 Å². The van der Waals surface area contributed by atoms with Crippen molar-refractivity contribution >= 4 is 18.8 Å². The summed E-state index contributed by atoms with van der Waals surface area (Å²) in [5, 5.41) is 0. The van der Waals surface area contributed by atoms with Crippen LogP contribution in [-0.2, 0) is 9.53 Å². The molecule has 0 aromatic rings. The molecule has 64 valence electrons. The minimum atomic E-state index is -0.0774. The van der Waals surface area contributed by atoms with E-state index in [1.807, 2.05) is 4.31 Å². The van der Waals surface area contributed by atoms with Crippen LogP contribution in [0.25, 0.3) is 0 Å². The van der Waals surface area contributed by atoms with Gasteiger partial charge < -0.3 is 4.74 Å². The molecule has 0 amide bonds. The van der Waals surface area contributed by atoms with Crippen LogP contribution in [0.3, 0.4) is 0 Å². The molecule has 0 atom stereocenters. The van der Waals surface area contributed by atoms with E-state index in [2.05, 4.69) is 17.6 Å². The Bertz CT molecular complexity index is 143. The van der Waals surface area contributed by atoms with Crippen molar-refractivity contribution in [2.75, 3.05) is 20.2 Å². The van der Waals surface area contributed by atoms with E-state index in [9.17, 15) is 4.79 Å². The van der Waals surface area contributed by atoms with Gasteiger partial charge in [-0.25, -0.2) is 0 Å². The first kappa shape index (κ1) is 8.87. The first-order valence-electron chi connectivity index (χ1n) is 3.75. The van der Waals surface area contributed by atoms with Gasteiger partial charge in [0.15, 0.2) is 0 Å². The van der Waals surface area contributed by atoms with Crippen LogP contribution in [0.2, 0.25) is 0 Å². The largest absolute Gasteiger partial charge is 0.469 e. The Morgan fingerprint density at radius 2 is 2.09 bits per heavy atom. The third-order valence-corrected chi connectivity index (χ3v) is 2.41. The van der Waals surface area contributed by atoms with Crippen LogP contribution in [0.1, 0.15) is 12.8 Å². The molecule has 0 bridgehead atoms. The van der Waals surface area contributed by atoms with Crippen LogP contribution in [-0.4, -0.2) is 30.5 Å². The Morgan fingerprint density at radius 3 is 2.55 bits per heavy atom. The molecule has 3 nitrogen and oxygen atoms in total. The minimum Gasteiger partial charge on any atom is -0.469 e. The van der Waals surface area contributed by atoms with Crippen molar-refractivity contribution in [3.8, 4) is 0 Å². The van der Waals surface area contributed by atoms with Crippen LogP contribution >= 0.6 is 12.8 Å². The Hall–Kier alpha value is -0.220.